The van der Waals surface area contributed by atoms with Crippen LogP contribution in [-0.4, -0.2) is 49.8 Å². The number of nitrogens with zero attached hydrogens (tertiary/aromatic N) is 5. The third-order valence-electron chi connectivity index (χ3n) is 5.07. The van der Waals surface area contributed by atoms with Crippen molar-refractivity contribution in [1.29, 1.82) is 0 Å². The average Bonchev–Trinajstić information content (AvgIpc) is 3.11. The van der Waals surface area contributed by atoms with Crippen molar-refractivity contribution >= 4 is 29.1 Å². The molecule has 0 radical (unpaired) electrons. The minimum atomic E-state index is -0.158. The molecule has 0 saturated carbocycles. The number of aromatic nitrogens is 4. The van der Waals surface area contributed by atoms with Crippen molar-refractivity contribution in [2.24, 2.45) is 14.1 Å². The molecule has 1 amide bonds. The van der Waals surface area contributed by atoms with Gasteiger partial charge in [-0.1, -0.05) is 18.2 Å². The Morgan fingerprint density at radius 3 is 2.71 bits per heavy atom. The maximum absolute atomic E-state index is 13.2. The van der Waals surface area contributed by atoms with E-state index in [9.17, 15) is 9.59 Å². The van der Waals surface area contributed by atoms with E-state index in [0.29, 0.717) is 24.2 Å². The topological polar surface area (TPSA) is 85.1 Å². The third-order valence-corrected chi connectivity index (χ3v) is 5.07. The van der Waals surface area contributed by atoms with Gasteiger partial charge in [-0.2, -0.15) is 5.10 Å². The van der Waals surface area contributed by atoms with Gasteiger partial charge >= 0.3 is 0 Å². The molecule has 3 heterocycles. The van der Waals surface area contributed by atoms with Gasteiger partial charge in [-0.15, -0.1) is 12.4 Å². The summed E-state index contributed by atoms with van der Waals surface area (Å²) in [5, 5.41) is 9.01. The molecule has 3 aromatic rings. The highest BCUT2D eigenvalue weighted by molar-refractivity contribution is 5.88. The predicted molar refractivity (Wildman–Crippen MR) is 108 cm³/mol. The van der Waals surface area contributed by atoms with Crippen LogP contribution in [0.3, 0.4) is 0 Å². The molecule has 0 spiro atoms. The molecule has 1 aliphatic rings. The monoisotopic (exact) mass is 402 g/mol. The Labute approximate surface area is 168 Å². The molecule has 2 aromatic heterocycles. The Morgan fingerprint density at radius 2 is 2.00 bits per heavy atom. The van der Waals surface area contributed by atoms with E-state index >= 15 is 0 Å². The molecular formula is C19H23ClN6O2. The number of benzene rings is 1. The third kappa shape index (κ3) is 3.53. The van der Waals surface area contributed by atoms with E-state index in [1.165, 1.54) is 4.68 Å². The number of halogens is 1. The molecule has 1 aromatic carbocycles. The lowest BCUT2D eigenvalue weighted by atomic mass is 10.1. The van der Waals surface area contributed by atoms with Gasteiger partial charge in [-0.25, -0.2) is 9.67 Å². The molecule has 1 unspecified atom stereocenters. The number of fused-ring (bicyclic) bond motifs is 1. The number of hydrogen-bond acceptors (Lipinski definition) is 5. The second-order valence-electron chi connectivity index (χ2n) is 6.80. The number of nitrogens with one attached hydrogen (secondary N) is 1. The first kappa shape index (κ1) is 20.0. The maximum atomic E-state index is 13.2. The van der Waals surface area contributed by atoms with E-state index in [-0.39, 0.29) is 36.3 Å². The van der Waals surface area contributed by atoms with Gasteiger partial charge < -0.3 is 14.8 Å². The largest absolute Gasteiger partial charge is 0.336 e. The number of amides is 1. The van der Waals surface area contributed by atoms with Crippen LogP contribution in [0.5, 0.6) is 0 Å². The predicted octanol–water partition coefficient (Wildman–Crippen LogP) is 0.804. The molecule has 0 bridgehead atoms. The van der Waals surface area contributed by atoms with E-state index in [2.05, 4.69) is 15.4 Å². The van der Waals surface area contributed by atoms with Crippen LogP contribution in [0.4, 0.5) is 0 Å². The molecule has 1 atom stereocenters. The van der Waals surface area contributed by atoms with Gasteiger partial charge in [-0.3, -0.25) is 9.59 Å². The Bertz CT molecular complexity index is 1060. The van der Waals surface area contributed by atoms with Gasteiger partial charge in [0.2, 0.25) is 5.91 Å². The zero-order valence-electron chi connectivity index (χ0n) is 15.8. The minimum absolute atomic E-state index is 0. The van der Waals surface area contributed by atoms with Crippen LogP contribution in [0.2, 0.25) is 0 Å². The number of rotatable bonds is 3. The molecule has 8 nitrogen and oxygen atoms in total. The summed E-state index contributed by atoms with van der Waals surface area (Å²) in [4.78, 5) is 31.7. The Hall–Kier alpha value is -2.71. The summed E-state index contributed by atoms with van der Waals surface area (Å²) in [6.45, 7) is 2.02. The molecule has 1 N–H and O–H groups in total. The highest BCUT2D eigenvalue weighted by Crippen LogP contribution is 2.22. The first-order valence-corrected chi connectivity index (χ1v) is 8.98. The van der Waals surface area contributed by atoms with Crippen LogP contribution in [-0.2, 0) is 25.3 Å². The molecule has 148 valence electrons. The number of aryl methyl sites for hydroxylation is 2. The lowest BCUT2D eigenvalue weighted by Gasteiger charge is -2.35. The summed E-state index contributed by atoms with van der Waals surface area (Å²) in [6.07, 6.45) is 3.78. The first-order chi connectivity index (χ1) is 13.1. The quantitative estimate of drug-likeness (QED) is 0.700. The summed E-state index contributed by atoms with van der Waals surface area (Å²) in [7, 11) is 3.55. The van der Waals surface area contributed by atoms with Crippen LogP contribution < -0.4 is 10.9 Å². The highest BCUT2D eigenvalue weighted by Gasteiger charge is 2.30. The average molecular weight is 403 g/mol. The van der Waals surface area contributed by atoms with Crippen LogP contribution in [0.15, 0.2) is 41.5 Å². The molecule has 9 heteroatoms. The minimum Gasteiger partial charge on any atom is -0.336 e. The van der Waals surface area contributed by atoms with E-state index < -0.39 is 0 Å². The van der Waals surface area contributed by atoms with Crippen LogP contribution in [0, 0.1) is 0 Å². The number of imidazole rings is 1. The van der Waals surface area contributed by atoms with Gasteiger partial charge in [0.15, 0.2) is 0 Å². The van der Waals surface area contributed by atoms with Gasteiger partial charge in [0, 0.05) is 51.5 Å². The van der Waals surface area contributed by atoms with E-state index in [1.54, 1.807) is 19.3 Å². The lowest BCUT2D eigenvalue weighted by molar-refractivity contribution is -0.134. The second kappa shape index (κ2) is 8.12. The van der Waals surface area contributed by atoms with E-state index in [0.717, 1.165) is 17.8 Å². The molecule has 1 aliphatic heterocycles. The fraction of sp³-hybridized carbons (Fsp3) is 0.368. The zero-order valence-corrected chi connectivity index (χ0v) is 16.6. The van der Waals surface area contributed by atoms with Crippen molar-refractivity contribution in [2.75, 3.05) is 19.6 Å². The maximum Gasteiger partial charge on any atom is 0.274 e. The molecule has 28 heavy (non-hydrogen) atoms. The van der Waals surface area contributed by atoms with Crippen molar-refractivity contribution in [3.05, 3.63) is 58.5 Å². The van der Waals surface area contributed by atoms with Gasteiger partial charge in [0.05, 0.1) is 17.5 Å². The summed E-state index contributed by atoms with van der Waals surface area (Å²) in [6, 6.07) is 7.18. The summed E-state index contributed by atoms with van der Waals surface area (Å²) >= 11 is 0. The second-order valence-corrected chi connectivity index (χ2v) is 6.80. The van der Waals surface area contributed by atoms with E-state index in [4.69, 9.17) is 0 Å². The molecule has 1 saturated heterocycles. The van der Waals surface area contributed by atoms with Crippen molar-refractivity contribution < 1.29 is 4.79 Å². The zero-order chi connectivity index (χ0) is 19.0. The highest BCUT2D eigenvalue weighted by atomic mass is 35.5. The van der Waals surface area contributed by atoms with E-state index in [1.807, 2.05) is 40.9 Å². The Morgan fingerprint density at radius 1 is 1.25 bits per heavy atom. The number of carbonyl (C=O) groups is 1. The fourth-order valence-corrected chi connectivity index (χ4v) is 3.68. The first-order valence-electron chi connectivity index (χ1n) is 8.98. The summed E-state index contributed by atoms with van der Waals surface area (Å²) in [5.41, 5.74) is 0.463. The van der Waals surface area contributed by atoms with Gasteiger partial charge in [0.25, 0.3) is 5.56 Å². The van der Waals surface area contributed by atoms with Crippen molar-refractivity contribution in [3.8, 4) is 0 Å². The molecule has 1 fully saturated rings. The van der Waals surface area contributed by atoms with Crippen LogP contribution in [0.1, 0.15) is 17.6 Å². The van der Waals surface area contributed by atoms with Crippen LogP contribution in [0.25, 0.3) is 10.8 Å². The SMILES string of the molecule is Cl.Cn1ccnc1C1CNCCN1C(=O)Cc1nn(C)c(=O)c2ccccc12. The lowest BCUT2D eigenvalue weighted by Crippen LogP contribution is -2.50. The van der Waals surface area contributed by atoms with Crippen molar-refractivity contribution in [2.45, 2.75) is 12.5 Å². The van der Waals surface area contributed by atoms with Crippen LogP contribution >= 0.6 is 12.4 Å². The molecular weight excluding hydrogens is 380 g/mol. The Kier molecular flexibility index (Phi) is 5.81. The van der Waals surface area contributed by atoms with Gasteiger partial charge in [-0.05, 0) is 6.07 Å². The Balaban J connectivity index is 0.00000225. The number of carbonyl (C=O) groups excluding carboxylic acids is 1. The smallest absolute Gasteiger partial charge is 0.274 e. The van der Waals surface area contributed by atoms with Crippen molar-refractivity contribution in [3.63, 3.8) is 0 Å². The summed E-state index contributed by atoms with van der Waals surface area (Å²) in [5.74, 6) is 0.842. The normalized spacial score (nSPS) is 16.8. The standard InChI is InChI=1S/C19H22N6O2.ClH/c1-23-9-8-21-18(23)16-12-20-7-10-25(16)17(26)11-15-13-5-3-4-6-14(13)19(27)24(2)22-15;/h3-6,8-9,16,20H,7,10-12H2,1-2H3;1H. The van der Waals surface area contributed by atoms with Crippen molar-refractivity contribution in [1.82, 2.24) is 29.5 Å². The summed E-state index contributed by atoms with van der Waals surface area (Å²) < 4.78 is 3.25. The van der Waals surface area contributed by atoms with Gasteiger partial charge in [0.1, 0.15) is 11.9 Å². The molecule has 4 rings (SSSR count). The number of piperazine rings is 1. The molecule has 0 aliphatic carbocycles. The number of hydrogen-bond donors (Lipinski definition) is 1. The fourth-order valence-electron chi connectivity index (χ4n) is 3.68.